The molecule has 4 nitrogen and oxygen atoms in total. The van der Waals surface area contributed by atoms with E-state index in [9.17, 15) is 0 Å². The first-order valence-corrected chi connectivity index (χ1v) is 5.98. The van der Waals surface area contributed by atoms with E-state index >= 15 is 0 Å². The number of rotatable bonds is 2. The van der Waals surface area contributed by atoms with Crippen molar-refractivity contribution in [1.29, 1.82) is 0 Å². The molecule has 17 heavy (non-hydrogen) atoms. The summed E-state index contributed by atoms with van der Waals surface area (Å²) in [6, 6.07) is 5.75. The molecule has 0 fully saturated rings. The maximum Gasteiger partial charge on any atom is 0.212 e. The van der Waals surface area contributed by atoms with E-state index in [2.05, 4.69) is 5.16 Å². The van der Waals surface area contributed by atoms with Gasteiger partial charge in [-0.15, -0.1) is 11.3 Å². The van der Waals surface area contributed by atoms with E-state index in [0.29, 0.717) is 0 Å². The van der Waals surface area contributed by atoms with Gasteiger partial charge in [0.2, 0.25) is 5.75 Å². The third-order valence-electron chi connectivity index (χ3n) is 2.79. The fourth-order valence-corrected chi connectivity index (χ4v) is 2.73. The van der Waals surface area contributed by atoms with Crippen molar-refractivity contribution in [3.05, 3.63) is 23.6 Å². The highest BCUT2D eigenvalue weighted by Crippen LogP contribution is 2.58. The molecule has 1 aliphatic rings. The van der Waals surface area contributed by atoms with Gasteiger partial charge in [0, 0.05) is 0 Å². The first-order valence-electron chi connectivity index (χ1n) is 5.10. The second kappa shape index (κ2) is 3.01. The number of benzene rings is 1. The summed E-state index contributed by atoms with van der Waals surface area (Å²) in [5.74, 6) is 2.40. The summed E-state index contributed by atoms with van der Waals surface area (Å²) in [6.45, 7) is 0. The molecule has 4 rings (SSSR count). The van der Waals surface area contributed by atoms with E-state index in [0.717, 1.165) is 38.8 Å². The number of ether oxygens (including phenoxy) is 2. The van der Waals surface area contributed by atoms with Crippen LogP contribution >= 0.6 is 11.3 Å². The lowest BCUT2D eigenvalue weighted by Gasteiger charge is -1.95. The monoisotopic (exact) mass is 245 g/mol. The Bertz CT molecular complexity index is 729. The zero-order chi connectivity index (χ0) is 11.4. The van der Waals surface area contributed by atoms with Crippen LogP contribution in [0.15, 0.2) is 28.1 Å². The first-order chi connectivity index (χ1) is 8.38. The quantitative estimate of drug-likeness (QED) is 0.505. The van der Waals surface area contributed by atoms with E-state index in [-0.39, 0.29) is 0 Å². The van der Waals surface area contributed by atoms with Crippen molar-refractivity contribution in [2.45, 2.75) is 0 Å². The lowest BCUT2D eigenvalue weighted by Crippen LogP contribution is -1.79. The second-order valence-electron chi connectivity index (χ2n) is 3.72. The van der Waals surface area contributed by atoms with Gasteiger partial charge in [-0.3, -0.25) is 0 Å². The SMILES string of the molecule is COc1ccc(-c2noc3ccsc23)c2c1O2. The van der Waals surface area contributed by atoms with Crippen molar-refractivity contribution in [2.75, 3.05) is 7.11 Å². The Balaban J connectivity index is 1.95. The summed E-state index contributed by atoms with van der Waals surface area (Å²) in [4.78, 5) is 0. The maximum atomic E-state index is 5.44. The van der Waals surface area contributed by atoms with Gasteiger partial charge in [-0.05, 0) is 23.6 Å². The maximum absolute atomic E-state index is 5.44. The van der Waals surface area contributed by atoms with Gasteiger partial charge in [-0.1, -0.05) is 5.16 Å². The molecule has 0 unspecified atom stereocenters. The van der Waals surface area contributed by atoms with E-state index in [4.69, 9.17) is 14.0 Å². The normalized spacial score (nSPS) is 12.3. The average Bonchev–Trinajstić information content (AvgIpc) is 2.84. The van der Waals surface area contributed by atoms with Gasteiger partial charge in [0.1, 0.15) is 10.4 Å². The lowest BCUT2D eigenvalue weighted by atomic mass is 10.1. The fraction of sp³-hybridized carbons (Fsp3) is 0.0833. The van der Waals surface area contributed by atoms with E-state index in [1.54, 1.807) is 18.4 Å². The summed E-state index contributed by atoms with van der Waals surface area (Å²) in [7, 11) is 1.63. The van der Waals surface area contributed by atoms with Gasteiger partial charge in [0.25, 0.3) is 0 Å². The van der Waals surface area contributed by atoms with Gasteiger partial charge >= 0.3 is 0 Å². The Kier molecular flexibility index (Phi) is 1.61. The molecule has 1 aliphatic heterocycles. The topological polar surface area (TPSA) is 47.8 Å². The van der Waals surface area contributed by atoms with Crippen LogP contribution in [0.3, 0.4) is 0 Å². The molecular formula is C12H7NO3S. The fourth-order valence-electron chi connectivity index (χ4n) is 1.92. The number of nitrogens with zero attached hydrogens (tertiary/aromatic N) is 1. The van der Waals surface area contributed by atoms with Crippen LogP contribution in [0, 0.1) is 0 Å². The molecule has 5 heteroatoms. The van der Waals surface area contributed by atoms with Gasteiger partial charge in [0.05, 0.1) is 12.7 Å². The summed E-state index contributed by atoms with van der Waals surface area (Å²) in [5.41, 5.74) is 2.61. The molecule has 0 amide bonds. The highest BCUT2D eigenvalue weighted by Gasteiger charge is 2.32. The Morgan fingerprint density at radius 1 is 1.24 bits per heavy atom. The Labute approximate surface area is 100 Å². The van der Waals surface area contributed by atoms with Crippen LogP contribution < -0.4 is 9.47 Å². The van der Waals surface area contributed by atoms with Crippen molar-refractivity contribution in [3.63, 3.8) is 0 Å². The predicted octanol–water partition coefficient (Wildman–Crippen LogP) is 3.67. The van der Waals surface area contributed by atoms with Crippen molar-refractivity contribution >= 4 is 21.6 Å². The number of hydrogen-bond donors (Lipinski definition) is 0. The summed E-state index contributed by atoms with van der Waals surface area (Å²) >= 11 is 1.61. The van der Waals surface area contributed by atoms with Crippen molar-refractivity contribution in [2.24, 2.45) is 0 Å². The molecule has 0 saturated heterocycles. The van der Waals surface area contributed by atoms with E-state index < -0.39 is 0 Å². The standard InChI is InChI=1S/C12H7NO3S/c1-14-7-3-2-6(10-11(7)15-10)9-12-8(16-13-9)4-5-17-12/h2-5H,1H3. The van der Waals surface area contributed by atoms with Crippen molar-refractivity contribution in [1.82, 2.24) is 5.16 Å². The lowest BCUT2D eigenvalue weighted by molar-refractivity contribution is 0.408. The molecule has 0 atom stereocenters. The number of hydrogen-bond acceptors (Lipinski definition) is 5. The molecule has 2 aromatic heterocycles. The van der Waals surface area contributed by atoms with Crippen molar-refractivity contribution < 1.29 is 14.0 Å². The number of aromatic nitrogens is 1. The number of methoxy groups -OCH3 is 1. The molecule has 0 saturated carbocycles. The molecule has 3 heterocycles. The molecule has 1 aromatic carbocycles. The third kappa shape index (κ3) is 1.14. The van der Waals surface area contributed by atoms with Crippen LogP contribution in [0.2, 0.25) is 0 Å². The Morgan fingerprint density at radius 2 is 2.18 bits per heavy atom. The molecule has 0 spiro atoms. The minimum absolute atomic E-state index is 0.759. The number of fused-ring (bicyclic) bond motifs is 2. The molecule has 0 aliphatic carbocycles. The molecule has 0 radical (unpaired) electrons. The van der Waals surface area contributed by atoms with Crippen LogP contribution in [0.4, 0.5) is 0 Å². The smallest absolute Gasteiger partial charge is 0.212 e. The molecule has 0 bridgehead atoms. The largest absolute Gasteiger partial charge is 0.493 e. The summed E-state index contributed by atoms with van der Waals surface area (Å²) < 4.78 is 16.9. The van der Waals surface area contributed by atoms with Crippen LogP contribution in [0.5, 0.6) is 17.2 Å². The van der Waals surface area contributed by atoms with Crippen LogP contribution in [0.1, 0.15) is 0 Å². The third-order valence-corrected chi connectivity index (χ3v) is 3.70. The highest BCUT2D eigenvalue weighted by atomic mass is 32.1. The highest BCUT2D eigenvalue weighted by molar-refractivity contribution is 7.17. The Morgan fingerprint density at radius 3 is 3.06 bits per heavy atom. The average molecular weight is 245 g/mol. The Hall–Kier alpha value is -2.01. The van der Waals surface area contributed by atoms with Crippen LogP contribution in [-0.2, 0) is 0 Å². The number of thiophene rings is 1. The van der Waals surface area contributed by atoms with Gasteiger partial charge in [-0.2, -0.15) is 0 Å². The van der Waals surface area contributed by atoms with Crippen LogP contribution in [-0.4, -0.2) is 12.3 Å². The molecule has 84 valence electrons. The minimum atomic E-state index is 0.759. The van der Waals surface area contributed by atoms with Gasteiger partial charge in [0.15, 0.2) is 17.1 Å². The zero-order valence-corrected chi connectivity index (χ0v) is 9.71. The summed E-state index contributed by atoms with van der Waals surface area (Å²) in [6.07, 6.45) is 0. The van der Waals surface area contributed by atoms with Crippen LogP contribution in [0.25, 0.3) is 21.5 Å². The first kappa shape index (κ1) is 9.07. The summed E-state index contributed by atoms with van der Waals surface area (Å²) in [5, 5.41) is 6.08. The van der Waals surface area contributed by atoms with E-state index in [1.807, 2.05) is 23.6 Å². The van der Waals surface area contributed by atoms with Crippen molar-refractivity contribution in [3.8, 4) is 28.5 Å². The minimum Gasteiger partial charge on any atom is -0.493 e. The van der Waals surface area contributed by atoms with Gasteiger partial charge < -0.3 is 14.0 Å². The predicted molar refractivity (Wildman–Crippen MR) is 63.9 cm³/mol. The van der Waals surface area contributed by atoms with E-state index in [1.165, 1.54) is 0 Å². The second-order valence-corrected chi connectivity index (χ2v) is 4.64. The molecule has 3 aromatic rings. The molecular weight excluding hydrogens is 238 g/mol. The van der Waals surface area contributed by atoms with Gasteiger partial charge in [-0.25, -0.2) is 0 Å². The molecule has 0 N–H and O–H groups in total. The zero-order valence-electron chi connectivity index (χ0n) is 8.89.